The predicted octanol–water partition coefficient (Wildman–Crippen LogP) is 6.04. The van der Waals surface area contributed by atoms with Crippen LogP contribution >= 0.6 is 0 Å². The van der Waals surface area contributed by atoms with Gasteiger partial charge in [-0.05, 0) is 62.8 Å². The van der Waals surface area contributed by atoms with Gasteiger partial charge in [-0.25, -0.2) is 0 Å². The number of carbonyl (C=O) groups is 1. The van der Waals surface area contributed by atoms with Gasteiger partial charge in [-0.1, -0.05) is 18.2 Å². The van der Waals surface area contributed by atoms with E-state index in [0.29, 0.717) is 29.2 Å². The molecule has 7 rings (SSSR count). The Kier molecular flexibility index (Phi) is 4.44. The summed E-state index contributed by atoms with van der Waals surface area (Å²) in [6.45, 7) is 3.71. The number of nitrogens with zero attached hydrogens (tertiary/aromatic N) is 2. The molecule has 0 spiro atoms. The van der Waals surface area contributed by atoms with Gasteiger partial charge in [0.2, 0.25) is 0 Å². The molecule has 4 aromatic rings. The summed E-state index contributed by atoms with van der Waals surface area (Å²) in [6.07, 6.45) is 4.47. The number of nitrogens with one attached hydrogen (secondary N) is 1. The van der Waals surface area contributed by atoms with Crippen molar-refractivity contribution in [3.05, 3.63) is 53.6 Å². The number of aryl methyl sites for hydroxylation is 1. The van der Waals surface area contributed by atoms with Crippen LogP contribution in [0.1, 0.15) is 41.6 Å². The molecule has 2 saturated carbocycles. The predicted molar refractivity (Wildman–Crippen MR) is 136 cm³/mol. The van der Waals surface area contributed by atoms with Crippen LogP contribution in [0.3, 0.4) is 0 Å². The standard InChI is InChI=1S/C29H29N3O3/c1-16-26-24(34-2)12-20(29(33)32-15-19-9-10-22(32)27(19)30)13-25(26)35-28(16)23-11-18-5-3-4-6-21(18)31(23)14-17-7-8-17/h3-6,11-13,17,19,22,30H,7-10,14-15H2,1-2H3. The van der Waals surface area contributed by atoms with Gasteiger partial charge in [0.1, 0.15) is 11.3 Å². The van der Waals surface area contributed by atoms with E-state index in [0.717, 1.165) is 47.7 Å². The highest BCUT2D eigenvalue weighted by molar-refractivity contribution is 6.06. The Balaban J connectivity index is 1.35. The van der Waals surface area contributed by atoms with Gasteiger partial charge in [0, 0.05) is 46.7 Å². The van der Waals surface area contributed by atoms with Gasteiger partial charge in [-0.3, -0.25) is 4.79 Å². The van der Waals surface area contributed by atoms with E-state index in [4.69, 9.17) is 14.6 Å². The van der Waals surface area contributed by atoms with Crippen LogP contribution in [0.15, 0.2) is 46.9 Å². The second kappa shape index (κ2) is 7.48. The quantitative estimate of drug-likeness (QED) is 0.389. The maximum Gasteiger partial charge on any atom is 0.254 e. The highest BCUT2D eigenvalue weighted by atomic mass is 16.5. The first kappa shape index (κ1) is 20.8. The number of para-hydroxylation sites is 1. The van der Waals surface area contributed by atoms with E-state index in [2.05, 4.69) is 41.8 Å². The van der Waals surface area contributed by atoms with Crippen LogP contribution in [0.4, 0.5) is 0 Å². The fourth-order valence-corrected chi connectivity index (χ4v) is 6.23. The van der Waals surface area contributed by atoms with Crippen molar-refractivity contribution in [2.75, 3.05) is 13.7 Å². The van der Waals surface area contributed by atoms with Crippen LogP contribution in [-0.4, -0.2) is 40.8 Å². The number of piperidine rings is 1. The van der Waals surface area contributed by atoms with Crippen molar-refractivity contribution >= 4 is 33.5 Å². The van der Waals surface area contributed by atoms with Gasteiger partial charge in [-0.15, -0.1) is 0 Å². The molecule has 0 radical (unpaired) electrons. The molecule has 178 valence electrons. The number of aromatic nitrogens is 1. The van der Waals surface area contributed by atoms with Crippen LogP contribution in [-0.2, 0) is 6.54 Å². The largest absolute Gasteiger partial charge is 0.496 e. The molecule has 2 aliphatic carbocycles. The maximum atomic E-state index is 13.5. The summed E-state index contributed by atoms with van der Waals surface area (Å²) >= 11 is 0. The summed E-state index contributed by atoms with van der Waals surface area (Å²) in [5.74, 6) is 2.40. The molecule has 2 aromatic carbocycles. The SMILES string of the molecule is COc1cc(C(=O)N2CC3CCC2C3=N)cc2oc(-c3cc4ccccc4n3CC3CC3)c(C)c12. The van der Waals surface area contributed by atoms with E-state index in [1.165, 1.54) is 23.7 Å². The van der Waals surface area contributed by atoms with Gasteiger partial charge in [-0.2, -0.15) is 0 Å². The lowest BCUT2D eigenvalue weighted by atomic mass is 10.0. The zero-order chi connectivity index (χ0) is 23.8. The fourth-order valence-electron chi connectivity index (χ4n) is 6.23. The number of fused-ring (bicyclic) bond motifs is 4. The second-order valence-corrected chi connectivity index (χ2v) is 10.5. The van der Waals surface area contributed by atoms with Crippen LogP contribution in [0, 0.1) is 24.2 Å². The van der Waals surface area contributed by atoms with Crippen LogP contribution in [0.25, 0.3) is 33.3 Å². The first-order chi connectivity index (χ1) is 17.0. The molecule has 1 saturated heterocycles. The third-order valence-corrected chi connectivity index (χ3v) is 8.28. The van der Waals surface area contributed by atoms with Crippen molar-refractivity contribution in [1.29, 1.82) is 5.41 Å². The van der Waals surface area contributed by atoms with Crippen molar-refractivity contribution in [1.82, 2.24) is 9.47 Å². The van der Waals surface area contributed by atoms with Crippen molar-refractivity contribution in [3.8, 4) is 17.2 Å². The number of likely N-dealkylation sites (tertiary alicyclic amines) is 1. The number of hydrogen-bond acceptors (Lipinski definition) is 4. The Hall–Kier alpha value is -3.54. The van der Waals surface area contributed by atoms with E-state index in [-0.39, 0.29) is 17.9 Å². The van der Waals surface area contributed by atoms with Gasteiger partial charge in [0.25, 0.3) is 5.91 Å². The minimum atomic E-state index is -0.0544. The highest BCUT2D eigenvalue weighted by Crippen LogP contribution is 2.43. The molecule has 35 heavy (non-hydrogen) atoms. The van der Waals surface area contributed by atoms with Gasteiger partial charge >= 0.3 is 0 Å². The Morgan fingerprint density at radius 1 is 1.14 bits per heavy atom. The zero-order valence-electron chi connectivity index (χ0n) is 20.1. The first-order valence-electron chi connectivity index (χ1n) is 12.6. The lowest BCUT2D eigenvalue weighted by molar-refractivity contribution is 0.0711. The van der Waals surface area contributed by atoms with Gasteiger partial charge in [0.05, 0.1) is 24.2 Å². The molecule has 3 aliphatic rings. The third-order valence-electron chi connectivity index (χ3n) is 8.28. The number of amides is 1. The van der Waals surface area contributed by atoms with Crippen molar-refractivity contribution < 1.29 is 13.9 Å². The smallest absolute Gasteiger partial charge is 0.254 e. The molecule has 1 aliphatic heterocycles. The molecule has 6 heteroatoms. The number of carbonyl (C=O) groups excluding carboxylic acids is 1. The molecule has 6 nitrogen and oxygen atoms in total. The first-order valence-corrected chi connectivity index (χ1v) is 12.6. The minimum absolute atomic E-state index is 0.0411. The summed E-state index contributed by atoms with van der Waals surface area (Å²) in [6, 6.07) is 14.4. The maximum absolute atomic E-state index is 13.5. The topological polar surface area (TPSA) is 71.5 Å². The number of rotatable bonds is 5. The molecule has 2 bridgehead atoms. The number of ether oxygens (including phenoxy) is 1. The molecular formula is C29H29N3O3. The Labute approximate surface area is 204 Å². The summed E-state index contributed by atoms with van der Waals surface area (Å²) < 4.78 is 14.7. The minimum Gasteiger partial charge on any atom is -0.496 e. The number of methoxy groups -OCH3 is 1. The number of hydrogen-bond donors (Lipinski definition) is 1. The third kappa shape index (κ3) is 3.08. The van der Waals surface area contributed by atoms with Crippen LogP contribution < -0.4 is 4.74 Å². The molecule has 2 unspecified atom stereocenters. The molecule has 3 fully saturated rings. The lowest BCUT2D eigenvalue weighted by Gasteiger charge is -2.26. The normalized spacial score (nSPS) is 21.5. The number of benzene rings is 2. The van der Waals surface area contributed by atoms with Crippen molar-refractivity contribution in [2.24, 2.45) is 11.8 Å². The average molecular weight is 468 g/mol. The van der Waals surface area contributed by atoms with Gasteiger partial charge in [0.15, 0.2) is 5.76 Å². The monoisotopic (exact) mass is 467 g/mol. The lowest BCUT2D eigenvalue weighted by Crippen LogP contribution is -2.38. The van der Waals surface area contributed by atoms with E-state index in [1.807, 2.05) is 17.0 Å². The Morgan fingerprint density at radius 2 is 1.97 bits per heavy atom. The van der Waals surface area contributed by atoms with Crippen molar-refractivity contribution in [3.63, 3.8) is 0 Å². The molecular weight excluding hydrogens is 438 g/mol. The van der Waals surface area contributed by atoms with E-state index >= 15 is 0 Å². The Bertz CT molecular complexity index is 1520. The summed E-state index contributed by atoms with van der Waals surface area (Å²) in [5.41, 5.74) is 5.27. The number of furan rings is 1. The van der Waals surface area contributed by atoms with Crippen LogP contribution in [0.2, 0.25) is 0 Å². The van der Waals surface area contributed by atoms with Crippen molar-refractivity contribution in [2.45, 2.75) is 45.2 Å². The van der Waals surface area contributed by atoms with E-state index < -0.39 is 0 Å². The second-order valence-electron chi connectivity index (χ2n) is 10.5. The van der Waals surface area contributed by atoms with Crippen LogP contribution in [0.5, 0.6) is 5.75 Å². The molecule has 3 heterocycles. The fraction of sp³-hybridized carbons (Fsp3) is 0.379. The summed E-state index contributed by atoms with van der Waals surface area (Å²) in [7, 11) is 1.65. The molecule has 1 amide bonds. The molecule has 1 N–H and O–H groups in total. The Morgan fingerprint density at radius 3 is 2.69 bits per heavy atom. The zero-order valence-corrected chi connectivity index (χ0v) is 20.1. The summed E-state index contributed by atoms with van der Waals surface area (Å²) in [5, 5.41) is 10.4. The molecule has 2 atom stereocenters. The molecule has 2 aromatic heterocycles. The van der Waals surface area contributed by atoms with E-state index in [1.54, 1.807) is 7.11 Å². The highest BCUT2D eigenvalue weighted by Gasteiger charge is 2.45. The van der Waals surface area contributed by atoms with Gasteiger partial charge < -0.3 is 24.0 Å². The van der Waals surface area contributed by atoms with E-state index in [9.17, 15) is 4.79 Å². The summed E-state index contributed by atoms with van der Waals surface area (Å²) in [4.78, 5) is 15.3. The average Bonchev–Trinajstić information content (AvgIpc) is 3.27.